The number of aromatic nitrogens is 2. The molecular weight excluding hydrogens is 394 g/mol. The second kappa shape index (κ2) is 9.45. The van der Waals surface area contributed by atoms with Gasteiger partial charge in [0.25, 0.3) is 0 Å². The van der Waals surface area contributed by atoms with Gasteiger partial charge < -0.3 is 9.47 Å². The van der Waals surface area contributed by atoms with Gasteiger partial charge in [0.2, 0.25) is 5.78 Å². The Labute approximate surface area is 155 Å². The maximum atomic E-state index is 12.1. The molecule has 0 unspecified atom stereocenters. The molecule has 0 N–H and O–H groups in total. The fourth-order valence-corrected chi connectivity index (χ4v) is 1.91. The molecule has 1 heterocycles. The molecule has 0 aromatic carbocycles. The number of carbonyl (C=O) groups excluding carboxylic acids is 3. The third-order valence-electron chi connectivity index (χ3n) is 2.74. The SMILES string of the molecule is CCCN(CC(=O)OCC(=O)c1cnc(Br)cn1)C(=O)OC(C)(C)C. The zero-order chi connectivity index (χ0) is 19.0. The van der Waals surface area contributed by atoms with Crippen LogP contribution in [0.15, 0.2) is 17.0 Å². The Balaban J connectivity index is 2.55. The normalized spacial score (nSPS) is 10.9. The number of hydrogen-bond acceptors (Lipinski definition) is 7. The van der Waals surface area contributed by atoms with Crippen molar-refractivity contribution in [2.75, 3.05) is 19.7 Å². The Morgan fingerprint density at radius 2 is 1.88 bits per heavy atom. The zero-order valence-corrected chi connectivity index (χ0v) is 16.3. The molecule has 1 aromatic rings. The molecule has 0 saturated carbocycles. The van der Waals surface area contributed by atoms with Crippen molar-refractivity contribution in [1.29, 1.82) is 0 Å². The summed E-state index contributed by atoms with van der Waals surface area (Å²) in [6.45, 7) is 6.68. The van der Waals surface area contributed by atoms with E-state index in [4.69, 9.17) is 9.47 Å². The van der Waals surface area contributed by atoms with Crippen LogP contribution < -0.4 is 0 Å². The molecule has 0 saturated heterocycles. The van der Waals surface area contributed by atoms with Crippen LogP contribution in [0.3, 0.4) is 0 Å². The fourth-order valence-electron chi connectivity index (χ4n) is 1.71. The summed E-state index contributed by atoms with van der Waals surface area (Å²) in [5, 5.41) is 0. The number of Topliss-reactive ketones (excluding diaryl/α,β-unsaturated/α-hetero) is 1. The van der Waals surface area contributed by atoms with Crippen LogP contribution in [0.25, 0.3) is 0 Å². The minimum Gasteiger partial charge on any atom is -0.456 e. The average Bonchev–Trinajstić information content (AvgIpc) is 2.51. The van der Waals surface area contributed by atoms with Gasteiger partial charge in [0, 0.05) is 6.54 Å². The van der Waals surface area contributed by atoms with Crippen LogP contribution in [0.4, 0.5) is 4.79 Å². The first-order valence-electron chi connectivity index (χ1n) is 7.76. The van der Waals surface area contributed by atoms with Crippen LogP contribution in [-0.2, 0) is 14.3 Å². The van der Waals surface area contributed by atoms with E-state index in [9.17, 15) is 14.4 Å². The van der Waals surface area contributed by atoms with Crippen molar-refractivity contribution in [2.24, 2.45) is 0 Å². The monoisotopic (exact) mass is 415 g/mol. The second-order valence-electron chi connectivity index (χ2n) is 6.21. The molecule has 1 rings (SSSR count). The lowest BCUT2D eigenvalue weighted by atomic mass is 10.2. The van der Waals surface area contributed by atoms with E-state index < -0.39 is 30.1 Å². The van der Waals surface area contributed by atoms with Gasteiger partial charge in [-0.05, 0) is 43.1 Å². The minimum atomic E-state index is -0.697. The van der Waals surface area contributed by atoms with Crippen LogP contribution >= 0.6 is 15.9 Å². The molecule has 0 aliphatic heterocycles. The second-order valence-corrected chi connectivity index (χ2v) is 7.02. The van der Waals surface area contributed by atoms with Crippen LogP contribution in [0.2, 0.25) is 0 Å². The van der Waals surface area contributed by atoms with Crippen LogP contribution in [0, 0.1) is 0 Å². The van der Waals surface area contributed by atoms with Gasteiger partial charge in [-0.25, -0.2) is 14.8 Å². The molecule has 0 aliphatic rings. The Kier molecular flexibility index (Phi) is 7.95. The molecular formula is C16H22BrN3O5. The number of rotatable bonds is 7. The number of hydrogen-bond donors (Lipinski definition) is 0. The minimum absolute atomic E-state index is 0.0913. The van der Waals surface area contributed by atoms with E-state index in [2.05, 4.69) is 25.9 Å². The zero-order valence-electron chi connectivity index (χ0n) is 14.7. The molecule has 0 bridgehead atoms. The smallest absolute Gasteiger partial charge is 0.410 e. The Bertz CT molecular complexity index is 613. The highest BCUT2D eigenvalue weighted by molar-refractivity contribution is 9.10. The number of ketones is 1. The van der Waals surface area contributed by atoms with E-state index in [1.165, 1.54) is 17.3 Å². The van der Waals surface area contributed by atoms with Crippen LogP contribution in [0.5, 0.6) is 0 Å². The van der Waals surface area contributed by atoms with Crippen molar-refractivity contribution in [2.45, 2.75) is 39.7 Å². The Morgan fingerprint density at radius 1 is 1.20 bits per heavy atom. The van der Waals surface area contributed by atoms with E-state index in [-0.39, 0.29) is 12.2 Å². The van der Waals surface area contributed by atoms with Crippen molar-refractivity contribution in [3.63, 3.8) is 0 Å². The van der Waals surface area contributed by atoms with Gasteiger partial charge in [0.05, 0.1) is 12.4 Å². The standard InChI is InChI=1S/C16H22BrN3O5/c1-5-6-20(15(23)25-16(2,3)4)9-14(22)24-10-12(21)11-7-19-13(17)8-18-11/h7-8H,5-6,9-10H2,1-4H3. The van der Waals surface area contributed by atoms with E-state index in [1.54, 1.807) is 20.8 Å². The molecule has 0 atom stereocenters. The lowest BCUT2D eigenvalue weighted by Crippen LogP contribution is -2.41. The third-order valence-corrected chi connectivity index (χ3v) is 3.14. The first kappa shape index (κ1) is 21.0. The van der Waals surface area contributed by atoms with Crippen molar-refractivity contribution < 1.29 is 23.9 Å². The maximum Gasteiger partial charge on any atom is 0.410 e. The van der Waals surface area contributed by atoms with E-state index in [0.29, 0.717) is 17.6 Å². The van der Waals surface area contributed by atoms with Crippen molar-refractivity contribution in [1.82, 2.24) is 14.9 Å². The van der Waals surface area contributed by atoms with E-state index in [0.717, 1.165) is 0 Å². The molecule has 0 fully saturated rings. The molecule has 8 nitrogen and oxygen atoms in total. The predicted octanol–water partition coefficient (Wildman–Crippen LogP) is 2.61. The molecule has 0 spiro atoms. The highest BCUT2D eigenvalue weighted by Gasteiger charge is 2.24. The summed E-state index contributed by atoms with van der Waals surface area (Å²) in [6, 6.07) is 0. The Hall–Kier alpha value is -2.03. The molecule has 1 aromatic heterocycles. The molecule has 138 valence electrons. The number of halogens is 1. The lowest BCUT2D eigenvalue weighted by molar-refractivity contribution is -0.143. The van der Waals surface area contributed by atoms with Gasteiger partial charge in [-0.15, -0.1) is 0 Å². The summed E-state index contributed by atoms with van der Waals surface area (Å²) in [5.74, 6) is -1.18. The molecule has 1 amide bonds. The molecule has 0 aliphatic carbocycles. The van der Waals surface area contributed by atoms with Crippen molar-refractivity contribution in [3.8, 4) is 0 Å². The average molecular weight is 416 g/mol. The predicted molar refractivity (Wildman–Crippen MR) is 93.1 cm³/mol. The van der Waals surface area contributed by atoms with E-state index in [1.807, 2.05) is 6.92 Å². The largest absolute Gasteiger partial charge is 0.456 e. The summed E-state index contributed by atoms with van der Waals surface area (Å²) in [5.41, 5.74) is -0.572. The first-order chi connectivity index (χ1) is 11.6. The van der Waals surface area contributed by atoms with Gasteiger partial charge in [0.15, 0.2) is 6.61 Å². The number of amides is 1. The Morgan fingerprint density at radius 3 is 2.40 bits per heavy atom. The number of esters is 1. The lowest BCUT2D eigenvalue weighted by Gasteiger charge is -2.26. The fraction of sp³-hybridized carbons (Fsp3) is 0.562. The van der Waals surface area contributed by atoms with Crippen molar-refractivity contribution in [3.05, 3.63) is 22.7 Å². The van der Waals surface area contributed by atoms with Gasteiger partial charge in [-0.1, -0.05) is 6.92 Å². The van der Waals surface area contributed by atoms with Gasteiger partial charge in [-0.2, -0.15) is 0 Å². The molecule has 0 radical (unpaired) electrons. The molecule has 9 heteroatoms. The van der Waals surface area contributed by atoms with Gasteiger partial charge in [0.1, 0.15) is 22.4 Å². The van der Waals surface area contributed by atoms with E-state index >= 15 is 0 Å². The maximum absolute atomic E-state index is 12.1. The summed E-state index contributed by atoms with van der Waals surface area (Å²) in [6.07, 6.45) is 2.71. The number of nitrogens with zero attached hydrogens (tertiary/aromatic N) is 3. The van der Waals surface area contributed by atoms with Gasteiger partial charge in [-0.3, -0.25) is 14.5 Å². The first-order valence-corrected chi connectivity index (χ1v) is 8.56. The van der Waals surface area contributed by atoms with Crippen LogP contribution in [0.1, 0.15) is 44.6 Å². The summed E-state index contributed by atoms with van der Waals surface area (Å²) >= 11 is 3.11. The third kappa shape index (κ3) is 8.06. The number of ether oxygens (including phenoxy) is 2. The highest BCUT2D eigenvalue weighted by Crippen LogP contribution is 2.10. The summed E-state index contributed by atoms with van der Waals surface area (Å²) < 4.78 is 10.7. The highest BCUT2D eigenvalue weighted by atomic mass is 79.9. The summed E-state index contributed by atoms with van der Waals surface area (Å²) in [7, 11) is 0. The van der Waals surface area contributed by atoms with Crippen LogP contribution in [-0.4, -0.2) is 58.0 Å². The topological polar surface area (TPSA) is 98.7 Å². The van der Waals surface area contributed by atoms with Crippen molar-refractivity contribution >= 4 is 33.8 Å². The molecule has 25 heavy (non-hydrogen) atoms. The van der Waals surface area contributed by atoms with Gasteiger partial charge >= 0.3 is 12.1 Å². The number of carbonyl (C=O) groups is 3. The quantitative estimate of drug-likeness (QED) is 0.498. The summed E-state index contributed by atoms with van der Waals surface area (Å²) in [4.78, 5) is 44.9.